The molecule has 0 amide bonds. The summed E-state index contributed by atoms with van der Waals surface area (Å²) >= 11 is 0. The minimum Gasteiger partial charge on any atom is -0.463 e. The van der Waals surface area contributed by atoms with Gasteiger partial charge in [0.15, 0.2) is 24.6 Å². The smallest absolute Gasteiger partial charge is 0.331 e. The van der Waals surface area contributed by atoms with E-state index >= 15 is 0 Å². The Hall–Kier alpha value is -2.99. The molecule has 12 nitrogen and oxygen atoms in total. The molecule has 184 valence electrons. The first-order valence-corrected chi connectivity index (χ1v) is 10.2. The highest BCUT2D eigenvalue weighted by Crippen LogP contribution is 2.32. The maximum absolute atomic E-state index is 11.8. The SMILES string of the molecule is CC(=O)OC[C@H]1O[C@@H](O[C@H]2C(C)=CC(=O)O[C@@H]2C)[C@H](OC(C)=O)[C@@H](OC(C)=O)[C@@H]1OC(C)=O. The van der Waals surface area contributed by atoms with Crippen molar-refractivity contribution in [1.82, 2.24) is 0 Å². The van der Waals surface area contributed by atoms with Gasteiger partial charge >= 0.3 is 29.8 Å². The molecule has 0 bridgehead atoms. The van der Waals surface area contributed by atoms with Crippen LogP contribution in [0.1, 0.15) is 41.5 Å². The van der Waals surface area contributed by atoms with E-state index in [0.29, 0.717) is 5.57 Å². The zero-order valence-electron chi connectivity index (χ0n) is 19.2. The van der Waals surface area contributed by atoms with E-state index in [1.54, 1.807) is 13.8 Å². The predicted molar refractivity (Wildman–Crippen MR) is 106 cm³/mol. The Labute approximate surface area is 190 Å². The summed E-state index contributed by atoms with van der Waals surface area (Å²) in [6.45, 7) is 7.43. The van der Waals surface area contributed by atoms with E-state index in [0.717, 1.165) is 20.8 Å². The van der Waals surface area contributed by atoms with Gasteiger partial charge in [-0.3, -0.25) is 19.2 Å². The Bertz CT molecular complexity index is 818. The van der Waals surface area contributed by atoms with Gasteiger partial charge in [0.2, 0.25) is 0 Å². The molecule has 0 aliphatic carbocycles. The topological polar surface area (TPSA) is 150 Å². The predicted octanol–water partition coefficient (Wildman–Crippen LogP) is 0.346. The van der Waals surface area contributed by atoms with Gasteiger partial charge in [-0.15, -0.1) is 0 Å². The van der Waals surface area contributed by atoms with E-state index in [2.05, 4.69) is 0 Å². The van der Waals surface area contributed by atoms with Crippen LogP contribution in [-0.2, 0) is 57.1 Å². The lowest BCUT2D eigenvalue weighted by Gasteiger charge is -2.45. The molecule has 1 saturated heterocycles. The number of esters is 5. The molecule has 2 aliphatic heterocycles. The van der Waals surface area contributed by atoms with Crippen molar-refractivity contribution in [2.24, 2.45) is 0 Å². The van der Waals surface area contributed by atoms with Gasteiger partial charge in [0.1, 0.15) is 24.9 Å². The maximum Gasteiger partial charge on any atom is 0.331 e. The summed E-state index contributed by atoms with van der Waals surface area (Å²) in [6, 6.07) is 0. The summed E-state index contributed by atoms with van der Waals surface area (Å²) < 4.78 is 38.1. The minimum atomic E-state index is -1.36. The van der Waals surface area contributed by atoms with E-state index < -0.39 is 72.8 Å². The molecule has 2 heterocycles. The first kappa shape index (κ1) is 26.3. The van der Waals surface area contributed by atoms with Crippen molar-refractivity contribution >= 4 is 29.8 Å². The summed E-state index contributed by atoms with van der Waals surface area (Å²) in [5, 5.41) is 0. The molecule has 0 N–H and O–H groups in total. The fourth-order valence-electron chi connectivity index (χ4n) is 3.58. The van der Waals surface area contributed by atoms with Crippen molar-refractivity contribution in [1.29, 1.82) is 0 Å². The van der Waals surface area contributed by atoms with Crippen LogP contribution in [0.2, 0.25) is 0 Å². The summed E-state index contributed by atoms with van der Waals surface area (Å²) in [4.78, 5) is 58.5. The van der Waals surface area contributed by atoms with Gasteiger partial charge in [0.05, 0.1) is 0 Å². The highest BCUT2D eigenvalue weighted by atomic mass is 16.7. The van der Waals surface area contributed by atoms with Crippen LogP contribution in [0.3, 0.4) is 0 Å². The number of rotatable bonds is 7. The van der Waals surface area contributed by atoms with E-state index in [1.807, 2.05) is 0 Å². The molecule has 0 radical (unpaired) electrons. The lowest BCUT2D eigenvalue weighted by atomic mass is 9.97. The van der Waals surface area contributed by atoms with Crippen molar-refractivity contribution in [3.8, 4) is 0 Å². The standard InChI is InChI=1S/C21H28O12/c1-9-7-16(26)28-10(2)17(9)33-21-20(31-14(6)25)19(30-13(5)24)18(29-12(4)23)15(32-21)8-27-11(3)22/h7,10,15,17-21H,8H2,1-6H3/t10-,15-,17+,18-,19+,20-,21+/m1/s1. The third-order valence-electron chi connectivity index (χ3n) is 4.75. The largest absolute Gasteiger partial charge is 0.463 e. The lowest BCUT2D eigenvalue weighted by Crippen LogP contribution is -2.63. The molecule has 1 fully saturated rings. The summed E-state index contributed by atoms with van der Waals surface area (Å²) in [5.74, 6) is -3.40. The van der Waals surface area contributed by atoms with E-state index in [4.69, 9.17) is 33.2 Å². The molecule has 0 aromatic heterocycles. The second-order valence-electron chi connectivity index (χ2n) is 7.65. The fourth-order valence-corrected chi connectivity index (χ4v) is 3.58. The summed E-state index contributed by atoms with van der Waals surface area (Å²) in [6.07, 6.45) is -6.74. The van der Waals surface area contributed by atoms with Crippen LogP contribution in [0.15, 0.2) is 11.6 Å². The average molecular weight is 472 g/mol. The van der Waals surface area contributed by atoms with Crippen LogP contribution >= 0.6 is 0 Å². The molecule has 0 unspecified atom stereocenters. The molecule has 33 heavy (non-hydrogen) atoms. The third kappa shape index (κ3) is 7.26. The van der Waals surface area contributed by atoms with Crippen LogP contribution < -0.4 is 0 Å². The molecule has 12 heteroatoms. The van der Waals surface area contributed by atoms with E-state index in [1.165, 1.54) is 13.0 Å². The van der Waals surface area contributed by atoms with E-state index in [-0.39, 0.29) is 6.61 Å². The van der Waals surface area contributed by atoms with Gasteiger partial charge in [-0.1, -0.05) is 0 Å². The summed E-state index contributed by atoms with van der Waals surface area (Å²) in [7, 11) is 0. The van der Waals surface area contributed by atoms with Crippen LogP contribution in [0.5, 0.6) is 0 Å². The zero-order chi connectivity index (χ0) is 24.9. The monoisotopic (exact) mass is 472 g/mol. The molecule has 0 aromatic rings. The second-order valence-corrected chi connectivity index (χ2v) is 7.65. The highest BCUT2D eigenvalue weighted by molar-refractivity contribution is 5.84. The van der Waals surface area contributed by atoms with Crippen molar-refractivity contribution in [3.63, 3.8) is 0 Å². The first-order valence-electron chi connectivity index (χ1n) is 10.2. The molecule has 2 aliphatic rings. The molecular weight excluding hydrogens is 444 g/mol. The zero-order valence-corrected chi connectivity index (χ0v) is 19.2. The highest BCUT2D eigenvalue weighted by Gasteiger charge is 2.53. The molecular formula is C21H28O12. The number of carbonyl (C=O) groups excluding carboxylic acids is 5. The minimum absolute atomic E-state index is 0.373. The van der Waals surface area contributed by atoms with Gasteiger partial charge in [-0.25, -0.2) is 4.79 Å². The van der Waals surface area contributed by atoms with Gasteiger partial charge in [0.25, 0.3) is 0 Å². The quantitative estimate of drug-likeness (QED) is 0.371. The number of hydrogen-bond donors (Lipinski definition) is 0. The van der Waals surface area contributed by atoms with Crippen molar-refractivity contribution in [2.75, 3.05) is 6.61 Å². The maximum atomic E-state index is 11.8. The fraction of sp³-hybridized carbons (Fsp3) is 0.667. The first-order chi connectivity index (χ1) is 15.4. The number of ether oxygens (including phenoxy) is 7. The molecule has 2 rings (SSSR count). The number of cyclic esters (lactones) is 1. The van der Waals surface area contributed by atoms with Gasteiger partial charge in [-0.05, 0) is 19.4 Å². The second kappa shape index (κ2) is 11.2. The molecule has 7 atom stereocenters. The van der Waals surface area contributed by atoms with Gasteiger partial charge in [0, 0.05) is 33.8 Å². The summed E-state index contributed by atoms with van der Waals surface area (Å²) in [5.41, 5.74) is 0.520. The Kier molecular flexibility index (Phi) is 8.94. The van der Waals surface area contributed by atoms with Crippen LogP contribution in [0.25, 0.3) is 0 Å². The Morgan fingerprint density at radius 3 is 1.94 bits per heavy atom. The average Bonchev–Trinajstić information content (AvgIpc) is 2.66. The Morgan fingerprint density at radius 2 is 1.42 bits per heavy atom. The lowest BCUT2D eigenvalue weighted by molar-refractivity contribution is -0.318. The number of carbonyl (C=O) groups is 5. The van der Waals surface area contributed by atoms with Crippen LogP contribution in [0, 0.1) is 0 Å². The van der Waals surface area contributed by atoms with Crippen molar-refractivity contribution in [2.45, 2.75) is 84.5 Å². The van der Waals surface area contributed by atoms with Crippen molar-refractivity contribution in [3.05, 3.63) is 11.6 Å². The van der Waals surface area contributed by atoms with Crippen molar-refractivity contribution < 1.29 is 57.1 Å². The van der Waals surface area contributed by atoms with Gasteiger partial charge < -0.3 is 33.2 Å². The van der Waals surface area contributed by atoms with Gasteiger partial charge in [-0.2, -0.15) is 0 Å². The molecule has 0 saturated carbocycles. The molecule has 0 aromatic carbocycles. The normalized spacial score (nSPS) is 31.5. The van der Waals surface area contributed by atoms with E-state index in [9.17, 15) is 24.0 Å². The third-order valence-corrected chi connectivity index (χ3v) is 4.75. The van der Waals surface area contributed by atoms with Crippen LogP contribution in [-0.4, -0.2) is 79.4 Å². The molecule has 0 spiro atoms. The Morgan fingerprint density at radius 1 is 0.879 bits per heavy atom. The van der Waals surface area contributed by atoms with Crippen LogP contribution in [0.4, 0.5) is 0 Å². The number of hydrogen-bond acceptors (Lipinski definition) is 12. The Balaban J connectivity index is 2.45.